The van der Waals surface area contributed by atoms with Crippen molar-refractivity contribution in [3.8, 4) is 0 Å². The van der Waals surface area contributed by atoms with Gasteiger partial charge in [0.1, 0.15) is 9.98 Å². The molecule has 4 rings (SSSR count). The van der Waals surface area contributed by atoms with E-state index in [1.54, 1.807) is 0 Å². The summed E-state index contributed by atoms with van der Waals surface area (Å²) in [7, 11) is 0. The van der Waals surface area contributed by atoms with Gasteiger partial charge in [0.15, 0.2) is 0 Å². The molecule has 4 atom stereocenters. The minimum absolute atomic E-state index is 0.0796. The van der Waals surface area contributed by atoms with E-state index in [9.17, 15) is 10.2 Å². The molecule has 0 amide bonds. The van der Waals surface area contributed by atoms with Crippen LogP contribution in [0.1, 0.15) is 91.9 Å². The van der Waals surface area contributed by atoms with Crippen LogP contribution in [0, 0.1) is 22.7 Å². The Kier molecular flexibility index (Phi) is 12.6. The van der Waals surface area contributed by atoms with Gasteiger partial charge in [-0.2, -0.15) is 0 Å². The lowest BCUT2D eigenvalue weighted by Crippen LogP contribution is -2.42. The SMILES string of the molecule is CC(C)(CCC(O)CCC(O)CCC(C)(C)CCN1C(=S)C=C2SCCC2C1=S)CCN1C(=S)C=C2SCCC2C1=S. The highest BCUT2D eigenvalue weighted by Crippen LogP contribution is 2.42. The Morgan fingerprint density at radius 2 is 1.07 bits per heavy atom. The third-order valence-corrected chi connectivity index (χ3v) is 13.4. The summed E-state index contributed by atoms with van der Waals surface area (Å²) in [5.74, 6) is 3.01. The van der Waals surface area contributed by atoms with Crippen LogP contribution in [0.25, 0.3) is 0 Å². The van der Waals surface area contributed by atoms with E-state index in [0.29, 0.717) is 24.7 Å². The van der Waals surface area contributed by atoms with Gasteiger partial charge in [-0.15, -0.1) is 23.5 Å². The molecular formula is C32H48N2O2S6. The lowest BCUT2D eigenvalue weighted by molar-refractivity contribution is 0.0862. The summed E-state index contributed by atoms with van der Waals surface area (Å²) in [6.45, 7) is 10.8. The molecule has 2 fully saturated rings. The predicted octanol–water partition coefficient (Wildman–Crippen LogP) is 8.10. The Balaban J connectivity index is 1.12. The fourth-order valence-electron chi connectivity index (χ4n) is 6.15. The highest BCUT2D eigenvalue weighted by atomic mass is 32.2. The van der Waals surface area contributed by atoms with Crippen LogP contribution >= 0.6 is 72.4 Å². The molecule has 0 aliphatic carbocycles. The average Bonchev–Trinajstić information content (AvgIpc) is 3.59. The minimum Gasteiger partial charge on any atom is -0.393 e. The monoisotopic (exact) mass is 684 g/mol. The second kappa shape index (κ2) is 15.1. The fourth-order valence-corrected chi connectivity index (χ4v) is 10.5. The smallest absolute Gasteiger partial charge is 0.107 e. The summed E-state index contributed by atoms with van der Waals surface area (Å²) in [5, 5.41) is 21.5. The van der Waals surface area contributed by atoms with E-state index in [1.165, 1.54) is 9.81 Å². The molecule has 234 valence electrons. The van der Waals surface area contributed by atoms with Gasteiger partial charge in [-0.25, -0.2) is 0 Å². The molecule has 4 nitrogen and oxygen atoms in total. The van der Waals surface area contributed by atoms with E-state index in [2.05, 4.69) is 49.6 Å². The summed E-state index contributed by atoms with van der Waals surface area (Å²) in [6, 6.07) is 0. The molecule has 4 heterocycles. The highest BCUT2D eigenvalue weighted by molar-refractivity contribution is 8.03. The number of thioether (sulfide) groups is 2. The third kappa shape index (κ3) is 9.30. The molecular weight excluding hydrogens is 637 g/mol. The Morgan fingerprint density at radius 3 is 1.45 bits per heavy atom. The first-order valence-corrected chi connectivity index (χ1v) is 19.1. The number of fused-ring (bicyclic) bond motifs is 2. The van der Waals surface area contributed by atoms with Crippen molar-refractivity contribution in [1.82, 2.24) is 9.80 Å². The summed E-state index contributed by atoms with van der Waals surface area (Å²) in [4.78, 5) is 10.7. The van der Waals surface area contributed by atoms with Gasteiger partial charge in [-0.05, 0) is 109 Å². The van der Waals surface area contributed by atoms with Gasteiger partial charge in [0.25, 0.3) is 0 Å². The van der Waals surface area contributed by atoms with Gasteiger partial charge >= 0.3 is 0 Å². The zero-order valence-electron chi connectivity index (χ0n) is 25.6. The van der Waals surface area contributed by atoms with E-state index in [-0.39, 0.29) is 10.8 Å². The van der Waals surface area contributed by atoms with Crippen LogP contribution in [0.15, 0.2) is 22.0 Å². The maximum absolute atomic E-state index is 10.7. The first-order valence-electron chi connectivity index (χ1n) is 15.5. The molecule has 4 unspecified atom stereocenters. The Morgan fingerprint density at radius 1 is 0.690 bits per heavy atom. The molecule has 0 bridgehead atoms. The average molecular weight is 685 g/mol. The number of hydrogen-bond acceptors (Lipinski definition) is 8. The standard InChI is InChI=1S/C32H48N2O2S6/c1-31(2,13-15-33-27(37)19-25-23(29(33)39)9-17-41-25)11-7-21(35)5-6-22(36)8-12-32(3,4)14-16-34-28(38)20-26-24(30(34)40)10-18-42-26/h19-24,35-36H,5-18H2,1-4H3. The lowest BCUT2D eigenvalue weighted by atomic mass is 9.81. The number of thiocarbonyl (C=S) groups is 4. The van der Waals surface area contributed by atoms with Crippen LogP contribution in [0.2, 0.25) is 0 Å². The van der Waals surface area contributed by atoms with Crippen LogP contribution in [-0.4, -0.2) is 76.8 Å². The number of rotatable bonds is 15. The van der Waals surface area contributed by atoms with Crippen LogP contribution < -0.4 is 0 Å². The second-order valence-electron chi connectivity index (χ2n) is 13.9. The molecule has 0 aromatic carbocycles. The van der Waals surface area contributed by atoms with Crippen molar-refractivity contribution in [3.05, 3.63) is 22.0 Å². The first-order chi connectivity index (χ1) is 19.8. The molecule has 4 aliphatic rings. The molecule has 2 saturated heterocycles. The maximum Gasteiger partial charge on any atom is 0.107 e. The van der Waals surface area contributed by atoms with Gasteiger partial charge in [0.2, 0.25) is 0 Å². The predicted molar refractivity (Wildman–Crippen MR) is 198 cm³/mol. The zero-order chi connectivity index (χ0) is 30.7. The lowest BCUT2D eigenvalue weighted by Gasteiger charge is -2.35. The van der Waals surface area contributed by atoms with E-state index >= 15 is 0 Å². The van der Waals surface area contributed by atoms with Crippen LogP contribution in [-0.2, 0) is 0 Å². The number of hydrogen-bond donors (Lipinski definition) is 2. The van der Waals surface area contributed by atoms with Crippen LogP contribution in [0.3, 0.4) is 0 Å². The van der Waals surface area contributed by atoms with Crippen molar-refractivity contribution < 1.29 is 10.2 Å². The summed E-state index contributed by atoms with van der Waals surface area (Å²) in [6.07, 6.45) is 12.3. The first kappa shape index (κ1) is 34.9. The molecule has 4 aliphatic heterocycles. The summed E-state index contributed by atoms with van der Waals surface area (Å²) in [5.41, 5.74) is 0.159. The number of aliphatic hydroxyl groups is 2. The van der Waals surface area contributed by atoms with Gasteiger partial charge in [-0.1, -0.05) is 76.6 Å². The molecule has 10 heteroatoms. The largest absolute Gasteiger partial charge is 0.393 e. The Hall–Kier alpha value is 0.0600. The van der Waals surface area contributed by atoms with E-state index in [0.717, 1.165) is 95.9 Å². The normalized spacial score (nSPS) is 24.5. The van der Waals surface area contributed by atoms with Crippen molar-refractivity contribution >= 4 is 92.3 Å². The highest BCUT2D eigenvalue weighted by Gasteiger charge is 2.36. The van der Waals surface area contributed by atoms with Crippen LogP contribution in [0.4, 0.5) is 0 Å². The van der Waals surface area contributed by atoms with Crippen LogP contribution in [0.5, 0.6) is 0 Å². The molecule has 0 aromatic heterocycles. The molecule has 0 spiro atoms. The molecule has 42 heavy (non-hydrogen) atoms. The summed E-state index contributed by atoms with van der Waals surface area (Å²) >= 11 is 26.7. The summed E-state index contributed by atoms with van der Waals surface area (Å²) < 4.78 is 0. The van der Waals surface area contributed by atoms with Crippen molar-refractivity contribution in [2.45, 2.75) is 104 Å². The van der Waals surface area contributed by atoms with Crippen molar-refractivity contribution in [2.75, 3.05) is 24.6 Å². The Bertz CT molecular complexity index is 1030. The number of aliphatic hydroxyl groups excluding tert-OH is 2. The second-order valence-corrected chi connectivity index (χ2v) is 17.9. The minimum atomic E-state index is -0.391. The molecule has 0 radical (unpaired) electrons. The molecule has 2 N–H and O–H groups in total. The third-order valence-electron chi connectivity index (χ3n) is 9.40. The van der Waals surface area contributed by atoms with E-state index in [1.807, 2.05) is 23.5 Å². The van der Waals surface area contributed by atoms with Gasteiger partial charge in [0.05, 0.1) is 22.2 Å². The van der Waals surface area contributed by atoms with Crippen molar-refractivity contribution in [1.29, 1.82) is 0 Å². The maximum atomic E-state index is 10.7. The van der Waals surface area contributed by atoms with E-state index in [4.69, 9.17) is 48.9 Å². The molecule has 0 saturated carbocycles. The van der Waals surface area contributed by atoms with E-state index < -0.39 is 12.2 Å². The van der Waals surface area contributed by atoms with Gasteiger partial charge in [0, 0.05) is 24.9 Å². The zero-order valence-corrected chi connectivity index (χ0v) is 30.5. The van der Waals surface area contributed by atoms with Crippen molar-refractivity contribution in [3.63, 3.8) is 0 Å². The number of nitrogens with zero attached hydrogens (tertiary/aromatic N) is 2. The van der Waals surface area contributed by atoms with Gasteiger partial charge in [-0.3, -0.25) is 0 Å². The quantitative estimate of drug-likeness (QED) is 0.166. The fraction of sp³-hybridized carbons (Fsp3) is 0.750. The Labute approximate surface area is 283 Å². The van der Waals surface area contributed by atoms with Crippen molar-refractivity contribution in [2.24, 2.45) is 22.7 Å². The molecule has 0 aromatic rings. The topological polar surface area (TPSA) is 46.9 Å². The van der Waals surface area contributed by atoms with Gasteiger partial charge < -0.3 is 20.0 Å².